The molecular weight excluding hydrogens is 275 g/mol. The number of ether oxygens (including phenoxy) is 1. The lowest BCUT2D eigenvalue weighted by Crippen LogP contribution is -2.02. The number of aryl methyl sites for hydroxylation is 1. The van der Waals surface area contributed by atoms with Crippen LogP contribution in [-0.4, -0.2) is 9.55 Å². The van der Waals surface area contributed by atoms with Crippen molar-refractivity contribution in [3.8, 4) is 5.75 Å². The Morgan fingerprint density at radius 1 is 1.38 bits per heavy atom. The second-order valence-corrected chi connectivity index (χ2v) is 4.15. The lowest BCUT2D eigenvalue weighted by atomic mass is 10.3. The lowest BCUT2D eigenvalue weighted by molar-refractivity contribution is 0.291. The monoisotopic (exact) mass is 284 g/mol. The first-order valence-corrected chi connectivity index (χ1v) is 5.50. The number of hydrogen-bond acceptors (Lipinski definition) is 2. The van der Waals surface area contributed by atoms with Crippen molar-refractivity contribution >= 4 is 15.9 Å². The van der Waals surface area contributed by atoms with E-state index in [0.29, 0.717) is 12.4 Å². The predicted molar refractivity (Wildman–Crippen MR) is 61.6 cm³/mol. The van der Waals surface area contributed by atoms with Crippen LogP contribution in [0.3, 0.4) is 0 Å². The normalized spacial score (nSPS) is 10.4. The molecule has 2 aromatic rings. The molecule has 0 unspecified atom stereocenters. The minimum Gasteiger partial charge on any atom is -0.486 e. The van der Waals surface area contributed by atoms with Crippen LogP contribution >= 0.6 is 15.9 Å². The molecule has 0 saturated heterocycles. The van der Waals surface area contributed by atoms with Gasteiger partial charge in [0.25, 0.3) is 0 Å². The van der Waals surface area contributed by atoms with E-state index in [9.17, 15) is 4.39 Å². The summed E-state index contributed by atoms with van der Waals surface area (Å²) in [6.07, 6.45) is 1.85. The van der Waals surface area contributed by atoms with Gasteiger partial charge in [-0.3, -0.25) is 0 Å². The summed E-state index contributed by atoms with van der Waals surface area (Å²) in [6.45, 7) is 0.355. The van der Waals surface area contributed by atoms with Crippen LogP contribution in [0.15, 0.2) is 35.1 Å². The van der Waals surface area contributed by atoms with Crippen LogP contribution in [0.1, 0.15) is 5.82 Å². The molecule has 0 amide bonds. The van der Waals surface area contributed by atoms with Crippen LogP contribution in [0.5, 0.6) is 5.75 Å². The molecule has 5 heteroatoms. The third-order valence-electron chi connectivity index (χ3n) is 2.12. The second kappa shape index (κ2) is 4.65. The van der Waals surface area contributed by atoms with Crippen molar-refractivity contribution in [2.24, 2.45) is 7.05 Å². The van der Waals surface area contributed by atoms with Gasteiger partial charge in [-0.1, -0.05) is 0 Å². The van der Waals surface area contributed by atoms with Crippen molar-refractivity contribution in [3.63, 3.8) is 0 Å². The van der Waals surface area contributed by atoms with Gasteiger partial charge in [-0.25, -0.2) is 9.37 Å². The third kappa shape index (κ3) is 2.61. The standard InChI is InChI=1S/C11H10BrFN2O/c1-15-6-10(12)14-11(15)7-16-9-4-2-8(13)3-5-9/h2-6H,7H2,1H3. The Kier molecular flexibility index (Phi) is 3.24. The van der Waals surface area contributed by atoms with E-state index in [0.717, 1.165) is 10.4 Å². The Morgan fingerprint density at radius 2 is 2.06 bits per heavy atom. The highest BCUT2D eigenvalue weighted by atomic mass is 79.9. The smallest absolute Gasteiger partial charge is 0.147 e. The molecule has 0 aliphatic carbocycles. The third-order valence-corrected chi connectivity index (χ3v) is 2.51. The van der Waals surface area contributed by atoms with E-state index >= 15 is 0 Å². The first-order chi connectivity index (χ1) is 7.65. The summed E-state index contributed by atoms with van der Waals surface area (Å²) in [5.74, 6) is 1.16. The highest BCUT2D eigenvalue weighted by Gasteiger charge is 2.03. The maximum atomic E-state index is 12.6. The summed E-state index contributed by atoms with van der Waals surface area (Å²) in [5, 5.41) is 0. The maximum absolute atomic E-state index is 12.6. The number of imidazole rings is 1. The average molecular weight is 285 g/mol. The molecule has 2 rings (SSSR count). The van der Waals surface area contributed by atoms with Gasteiger partial charge in [0, 0.05) is 13.2 Å². The number of nitrogens with zero attached hydrogens (tertiary/aromatic N) is 2. The van der Waals surface area contributed by atoms with Crippen LogP contribution in [-0.2, 0) is 13.7 Å². The van der Waals surface area contributed by atoms with Crippen molar-refractivity contribution in [1.29, 1.82) is 0 Å². The quantitative estimate of drug-likeness (QED) is 0.867. The van der Waals surface area contributed by atoms with Crippen molar-refractivity contribution in [2.75, 3.05) is 0 Å². The minimum atomic E-state index is -0.271. The van der Waals surface area contributed by atoms with E-state index < -0.39 is 0 Å². The van der Waals surface area contributed by atoms with E-state index in [1.165, 1.54) is 12.1 Å². The number of aromatic nitrogens is 2. The molecule has 1 heterocycles. The van der Waals surface area contributed by atoms with Gasteiger partial charge in [0.1, 0.15) is 28.6 Å². The van der Waals surface area contributed by atoms with Crippen LogP contribution in [0, 0.1) is 5.82 Å². The fourth-order valence-corrected chi connectivity index (χ4v) is 1.79. The van der Waals surface area contributed by atoms with Gasteiger partial charge in [-0.05, 0) is 40.2 Å². The molecular formula is C11H10BrFN2O. The van der Waals surface area contributed by atoms with Crippen molar-refractivity contribution in [2.45, 2.75) is 6.61 Å². The molecule has 1 aromatic carbocycles. The van der Waals surface area contributed by atoms with Gasteiger partial charge < -0.3 is 9.30 Å². The molecule has 1 aromatic heterocycles. The van der Waals surface area contributed by atoms with Gasteiger partial charge in [-0.2, -0.15) is 0 Å². The summed E-state index contributed by atoms with van der Waals surface area (Å²) >= 11 is 3.28. The van der Waals surface area contributed by atoms with Crippen molar-refractivity contribution in [3.05, 3.63) is 46.7 Å². The Hall–Kier alpha value is -1.36. The van der Waals surface area contributed by atoms with Gasteiger partial charge in [-0.15, -0.1) is 0 Å². The summed E-state index contributed by atoms with van der Waals surface area (Å²) in [7, 11) is 1.89. The molecule has 0 radical (unpaired) electrons. The lowest BCUT2D eigenvalue weighted by Gasteiger charge is -2.05. The maximum Gasteiger partial charge on any atom is 0.147 e. The minimum absolute atomic E-state index is 0.271. The molecule has 0 bridgehead atoms. The fraction of sp³-hybridized carbons (Fsp3) is 0.182. The predicted octanol–water partition coefficient (Wildman–Crippen LogP) is 2.90. The molecule has 84 valence electrons. The summed E-state index contributed by atoms with van der Waals surface area (Å²) < 4.78 is 20.7. The Balaban J connectivity index is 2.02. The largest absolute Gasteiger partial charge is 0.486 e. The molecule has 0 spiro atoms. The number of rotatable bonds is 3. The molecule has 3 nitrogen and oxygen atoms in total. The highest BCUT2D eigenvalue weighted by Crippen LogP contribution is 2.14. The van der Waals surface area contributed by atoms with Crippen molar-refractivity contribution < 1.29 is 9.13 Å². The zero-order chi connectivity index (χ0) is 11.5. The van der Waals surface area contributed by atoms with Crippen LogP contribution in [0.4, 0.5) is 4.39 Å². The molecule has 16 heavy (non-hydrogen) atoms. The van der Waals surface area contributed by atoms with Crippen molar-refractivity contribution in [1.82, 2.24) is 9.55 Å². The number of hydrogen-bond donors (Lipinski definition) is 0. The summed E-state index contributed by atoms with van der Waals surface area (Å²) in [4.78, 5) is 4.22. The molecule has 0 saturated carbocycles. The molecule has 0 atom stereocenters. The molecule has 0 fully saturated rings. The Morgan fingerprint density at radius 3 is 2.62 bits per heavy atom. The zero-order valence-electron chi connectivity index (χ0n) is 8.65. The van der Waals surface area contributed by atoms with E-state index in [2.05, 4.69) is 20.9 Å². The summed E-state index contributed by atoms with van der Waals surface area (Å²) in [6, 6.07) is 5.91. The fourth-order valence-electron chi connectivity index (χ4n) is 1.28. The van der Waals surface area contributed by atoms with E-state index in [-0.39, 0.29) is 5.82 Å². The van der Waals surface area contributed by atoms with E-state index in [1.807, 2.05) is 17.8 Å². The van der Waals surface area contributed by atoms with Gasteiger partial charge in [0.15, 0.2) is 0 Å². The van der Waals surface area contributed by atoms with Gasteiger partial charge in [0.2, 0.25) is 0 Å². The van der Waals surface area contributed by atoms with E-state index in [4.69, 9.17) is 4.74 Å². The summed E-state index contributed by atoms with van der Waals surface area (Å²) in [5.41, 5.74) is 0. The van der Waals surface area contributed by atoms with Gasteiger partial charge in [0.05, 0.1) is 0 Å². The first-order valence-electron chi connectivity index (χ1n) is 4.71. The SMILES string of the molecule is Cn1cc(Br)nc1COc1ccc(F)cc1. The Bertz CT molecular complexity index is 481. The topological polar surface area (TPSA) is 27.1 Å². The molecule has 0 aliphatic rings. The van der Waals surface area contributed by atoms with Crippen LogP contribution < -0.4 is 4.74 Å². The highest BCUT2D eigenvalue weighted by molar-refractivity contribution is 9.10. The zero-order valence-corrected chi connectivity index (χ0v) is 10.2. The number of halogens is 2. The van der Waals surface area contributed by atoms with Gasteiger partial charge >= 0.3 is 0 Å². The van der Waals surface area contributed by atoms with Crippen LogP contribution in [0.25, 0.3) is 0 Å². The van der Waals surface area contributed by atoms with E-state index in [1.54, 1.807) is 12.1 Å². The second-order valence-electron chi connectivity index (χ2n) is 3.33. The van der Waals surface area contributed by atoms with Crippen LogP contribution in [0.2, 0.25) is 0 Å². The molecule has 0 aliphatic heterocycles. The average Bonchev–Trinajstić information content (AvgIpc) is 2.57. The molecule has 0 N–H and O–H groups in total. The first kappa shape index (κ1) is 11.1. The number of benzene rings is 1. The Labute approximate surface area is 101 Å².